The molecule has 0 fully saturated rings. The van der Waals surface area contributed by atoms with Crippen LogP contribution in [0.5, 0.6) is 0 Å². The number of aromatic nitrogens is 2. The van der Waals surface area contributed by atoms with E-state index < -0.39 is 0 Å². The first kappa shape index (κ1) is 25.3. The number of hydrogen-bond donors (Lipinski definition) is 1. The summed E-state index contributed by atoms with van der Waals surface area (Å²) in [5.74, 6) is 0.0450. The summed E-state index contributed by atoms with van der Waals surface area (Å²) in [4.78, 5) is 32.8. The van der Waals surface area contributed by atoms with E-state index in [1.165, 1.54) is 11.8 Å². The first-order chi connectivity index (χ1) is 15.8. The molecule has 0 atom stereocenters. The molecule has 0 aliphatic rings. The first-order valence-electron chi connectivity index (χ1n) is 11.2. The number of hydrogen-bond acceptors (Lipinski definition) is 5. The zero-order chi connectivity index (χ0) is 24.0. The van der Waals surface area contributed by atoms with Crippen LogP contribution in [0, 0.1) is 0 Å². The van der Waals surface area contributed by atoms with E-state index in [0.29, 0.717) is 46.3 Å². The van der Waals surface area contributed by atoms with Gasteiger partial charge in [0.15, 0.2) is 5.16 Å². The summed E-state index contributed by atoms with van der Waals surface area (Å²) in [7, 11) is 0. The lowest BCUT2D eigenvalue weighted by Gasteiger charge is -2.30. The second kappa shape index (κ2) is 11.7. The van der Waals surface area contributed by atoms with Crippen molar-refractivity contribution < 1.29 is 4.79 Å². The molecule has 33 heavy (non-hydrogen) atoms. The summed E-state index contributed by atoms with van der Waals surface area (Å²) in [6.45, 7) is 10.3. The van der Waals surface area contributed by atoms with Crippen molar-refractivity contribution in [2.24, 2.45) is 0 Å². The number of thioether (sulfide) groups is 1. The number of benzene rings is 2. The van der Waals surface area contributed by atoms with Gasteiger partial charge in [-0.2, -0.15) is 0 Å². The van der Waals surface area contributed by atoms with Crippen molar-refractivity contribution >= 4 is 40.2 Å². The van der Waals surface area contributed by atoms with E-state index in [1.54, 1.807) is 16.7 Å². The number of carbonyl (C=O) groups excluding carboxylic acids is 1. The lowest BCUT2D eigenvalue weighted by molar-refractivity contribution is -0.118. The standard InChI is InChI=1S/C25H31ClN4O2S/c1-17(2)29(18(3)4)12-13-30-24(32)21-10-5-6-11-22(21)28-25(30)33-16-23(31)27-15-19-8-7-9-20(26)14-19/h5-11,14,17-18H,12-13,15-16H2,1-4H3,(H,27,31). The molecule has 0 unspecified atom stereocenters. The highest BCUT2D eigenvalue weighted by Gasteiger charge is 2.17. The number of amides is 1. The van der Waals surface area contributed by atoms with Gasteiger partial charge in [0.05, 0.1) is 16.7 Å². The lowest BCUT2D eigenvalue weighted by atomic mass is 10.2. The minimum atomic E-state index is -0.125. The van der Waals surface area contributed by atoms with Crippen molar-refractivity contribution in [3.63, 3.8) is 0 Å². The fourth-order valence-electron chi connectivity index (χ4n) is 3.81. The SMILES string of the molecule is CC(C)N(CCn1c(SCC(=O)NCc2cccc(Cl)c2)nc2ccccc2c1=O)C(C)C. The Balaban J connectivity index is 1.76. The van der Waals surface area contributed by atoms with Crippen LogP contribution in [0.3, 0.4) is 0 Å². The van der Waals surface area contributed by atoms with Crippen LogP contribution in [0.4, 0.5) is 0 Å². The number of halogens is 1. The normalized spacial score (nSPS) is 11.6. The number of rotatable bonds is 10. The van der Waals surface area contributed by atoms with E-state index in [0.717, 1.165) is 12.1 Å². The minimum Gasteiger partial charge on any atom is -0.351 e. The summed E-state index contributed by atoms with van der Waals surface area (Å²) in [5, 5.41) is 4.69. The van der Waals surface area contributed by atoms with E-state index in [-0.39, 0.29) is 17.2 Å². The predicted octanol–water partition coefficient (Wildman–Crippen LogP) is 4.58. The lowest BCUT2D eigenvalue weighted by Crippen LogP contribution is -2.40. The molecule has 1 N–H and O–H groups in total. The van der Waals surface area contributed by atoms with Gasteiger partial charge in [0, 0.05) is 36.7 Å². The maximum Gasteiger partial charge on any atom is 0.262 e. The second-order valence-electron chi connectivity index (χ2n) is 8.49. The van der Waals surface area contributed by atoms with Crippen LogP contribution >= 0.6 is 23.4 Å². The molecule has 0 radical (unpaired) electrons. The van der Waals surface area contributed by atoms with E-state index in [1.807, 2.05) is 36.4 Å². The molecule has 1 heterocycles. The monoisotopic (exact) mass is 486 g/mol. The number of nitrogens with zero attached hydrogens (tertiary/aromatic N) is 3. The van der Waals surface area contributed by atoms with Gasteiger partial charge in [0.25, 0.3) is 5.56 Å². The average molecular weight is 487 g/mol. The fraction of sp³-hybridized carbons (Fsp3) is 0.400. The molecule has 176 valence electrons. The number of nitrogens with one attached hydrogen (secondary N) is 1. The Bertz CT molecular complexity index is 1150. The Morgan fingerprint density at radius 3 is 2.55 bits per heavy atom. The Hall–Kier alpha value is -2.35. The van der Waals surface area contributed by atoms with E-state index in [2.05, 4.69) is 37.9 Å². The molecule has 8 heteroatoms. The molecule has 1 amide bonds. The van der Waals surface area contributed by atoms with Gasteiger partial charge in [-0.15, -0.1) is 0 Å². The topological polar surface area (TPSA) is 67.2 Å². The molecule has 0 saturated carbocycles. The Morgan fingerprint density at radius 1 is 1.12 bits per heavy atom. The van der Waals surface area contributed by atoms with Gasteiger partial charge in [0.1, 0.15) is 0 Å². The molecule has 2 aromatic carbocycles. The van der Waals surface area contributed by atoms with Gasteiger partial charge in [-0.3, -0.25) is 19.1 Å². The van der Waals surface area contributed by atoms with Crippen LogP contribution in [0.1, 0.15) is 33.3 Å². The summed E-state index contributed by atoms with van der Waals surface area (Å²) >= 11 is 7.30. The van der Waals surface area contributed by atoms with Crippen LogP contribution in [0.15, 0.2) is 58.5 Å². The largest absolute Gasteiger partial charge is 0.351 e. The second-order valence-corrected chi connectivity index (χ2v) is 9.87. The van der Waals surface area contributed by atoms with E-state index in [4.69, 9.17) is 16.6 Å². The molecule has 0 aliphatic carbocycles. The Labute approximate surface area is 204 Å². The van der Waals surface area contributed by atoms with Gasteiger partial charge < -0.3 is 5.32 Å². The summed E-state index contributed by atoms with van der Waals surface area (Å²) < 4.78 is 1.70. The van der Waals surface area contributed by atoms with Gasteiger partial charge in [-0.1, -0.05) is 47.6 Å². The van der Waals surface area contributed by atoms with Crippen LogP contribution in [0.25, 0.3) is 10.9 Å². The highest BCUT2D eigenvalue weighted by molar-refractivity contribution is 7.99. The molecular weight excluding hydrogens is 456 g/mol. The summed E-state index contributed by atoms with van der Waals surface area (Å²) in [5.41, 5.74) is 1.50. The van der Waals surface area contributed by atoms with Gasteiger partial charge in [-0.05, 0) is 57.5 Å². The van der Waals surface area contributed by atoms with Crippen molar-refractivity contribution in [3.8, 4) is 0 Å². The van der Waals surface area contributed by atoms with E-state index in [9.17, 15) is 9.59 Å². The highest BCUT2D eigenvalue weighted by Crippen LogP contribution is 2.18. The predicted molar refractivity (Wildman–Crippen MR) is 137 cm³/mol. The molecule has 0 bridgehead atoms. The third-order valence-corrected chi connectivity index (χ3v) is 6.66. The Kier molecular flexibility index (Phi) is 8.95. The first-order valence-corrected chi connectivity index (χ1v) is 12.5. The maximum atomic E-state index is 13.3. The molecular formula is C25H31ClN4O2S. The van der Waals surface area contributed by atoms with Crippen LogP contribution < -0.4 is 10.9 Å². The molecule has 0 saturated heterocycles. The number of carbonyl (C=O) groups is 1. The molecule has 6 nitrogen and oxygen atoms in total. The van der Waals surface area contributed by atoms with Gasteiger partial charge >= 0.3 is 0 Å². The van der Waals surface area contributed by atoms with Crippen LogP contribution in [-0.4, -0.2) is 44.7 Å². The molecule has 3 rings (SSSR count). The van der Waals surface area contributed by atoms with E-state index >= 15 is 0 Å². The van der Waals surface area contributed by atoms with Crippen molar-refractivity contribution in [1.29, 1.82) is 0 Å². The minimum absolute atomic E-state index is 0.0742. The summed E-state index contributed by atoms with van der Waals surface area (Å²) in [6.07, 6.45) is 0. The Morgan fingerprint density at radius 2 is 1.85 bits per heavy atom. The van der Waals surface area contributed by atoms with Crippen molar-refractivity contribution in [2.45, 2.75) is 58.0 Å². The van der Waals surface area contributed by atoms with Crippen molar-refractivity contribution in [3.05, 3.63) is 69.5 Å². The zero-order valence-corrected chi connectivity index (χ0v) is 21.1. The quantitative estimate of drug-likeness (QED) is 0.335. The number of fused-ring (bicyclic) bond motifs is 1. The third kappa shape index (κ3) is 6.82. The number of para-hydroxylation sites is 1. The molecule has 0 spiro atoms. The van der Waals surface area contributed by atoms with Crippen LogP contribution in [-0.2, 0) is 17.9 Å². The highest BCUT2D eigenvalue weighted by atomic mass is 35.5. The van der Waals surface area contributed by atoms with Gasteiger partial charge in [-0.25, -0.2) is 4.98 Å². The van der Waals surface area contributed by atoms with Crippen molar-refractivity contribution in [2.75, 3.05) is 12.3 Å². The van der Waals surface area contributed by atoms with Crippen molar-refractivity contribution in [1.82, 2.24) is 19.8 Å². The zero-order valence-electron chi connectivity index (χ0n) is 19.5. The molecule has 1 aromatic heterocycles. The fourth-order valence-corrected chi connectivity index (χ4v) is 4.88. The average Bonchev–Trinajstić information content (AvgIpc) is 2.77. The maximum absolute atomic E-state index is 13.3. The smallest absolute Gasteiger partial charge is 0.262 e. The molecule has 0 aliphatic heterocycles. The van der Waals surface area contributed by atoms with Crippen LogP contribution in [0.2, 0.25) is 5.02 Å². The molecule has 3 aromatic rings. The third-order valence-electron chi connectivity index (χ3n) is 5.45. The van der Waals surface area contributed by atoms with Gasteiger partial charge in [0.2, 0.25) is 5.91 Å². The summed E-state index contributed by atoms with van der Waals surface area (Å²) in [6, 6.07) is 15.5.